The summed E-state index contributed by atoms with van der Waals surface area (Å²) in [5.74, 6) is 0.809. The lowest BCUT2D eigenvalue weighted by Gasteiger charge is -2.34. The van der Waals surface area contributed by atoms with Crippen LogP contribution in [0.4, 0.5) is 18.0 Å². The number of hydrogen-bond acceptors (Lipinski definition) is 5. The zero-order chi connectivity index (χ0) is 19.2. The summed E-state index contributed by atoms with van der Waals surface area (Å²) < 4.78 is 41.9. The van der Waals surface area contributed by atoms with Crippen LogP contribution in [0.1, 0.15) is 17.9 Å². The Bertz CT molecular complexity index is 570. The fourth-order valence-electron chi connectivity index (χ4n) is 2.86. The Kier molecular flexibility index (Phi) is 7.27. The average molecular weight is 377 g/mol. The van der Waals surface area contributed by atoms with Crippen LogP contribution >= 0.6 is 0 Å². The van der Waals surface area contributed by atoms with Gasteiger partial charge >= 0.3 is 12.2 Å². The first-order valence-corrected chi connectivity index (χ1v) is 8.65. The molecule has 2 heterocycles. The van der Waals surface area contributed by atoms with Gasteiger partial charge in [0.1, 0.15) is 0 Å². The molecule has 0 aromatic carbocycles. The standard InChI is InChI=1S/C16H26F3N5O2/c1-13-10-14(26-21-13)11-23-6-8-24(9-7-23)15(25)20-4-3-5-22(2)12-16(17,18)19/h10H,3-9,11-12H2,1-2H3,(H,20,25). The monoisotopic (exact) mass is 377 g/mol. The quantitative estimate of drug-likeness (QED) is 0.733. The molecule has 0 atom stereocenters. The highest BCUT2D eigenvalue weighted by Gasteiger charge is 2.28. The van der Waals surface area contributed by atoms with Crippen molar-refractivity contribution in [3.63, 3.8) is 0 Å². The van der Waals surface area contributed by atoms with E-state index in [1.165, 1.54) is 11.9 Å². The van der Waals surface area contributed by atoms with Crippen molar-refractivity contribution in [2.75, 3.05) is 52.9 Å². The van der Waals surface area contributed by atoms with E-state index in [2.05, 4.69) is 15.4 Å². The number of amides is 2. The molecule has 2 rings (SSSR count). The summed E-state index contributed by atoms with van der Waals surface area (Å²) in [7, 11) is 1.42. The molecular weight excluding hydrogens is 351 g/mol. The minimum absolute atomic E-state index is 0.168. The second-order valence-corrected chi connectivity index (χ2v) is 6.64. The predicted molar refractivity (Wildman–Crippen MR) is 89.7 cm³/mol. The van der Waals surface area contributed by atoms with Gasteiger partial charge in [-0.25, -0.2) is 4.79 Å². The number of aromatic nitrogens is 1. The summed E-state index contributed by atoms with van der Waals surface area (Å²) in [5, 5.41) is 6.63. The van der Waals surface area contributed by atoms with Gasteiger partial charge in [-0.3, -0.25) is 9.80 Å². The molecule has 10 heteroatoms. The summed E-state index contributed by atoms with van der Waals surface area (Å²) in [6.07, 6.45) is -3.72. The summed E-state index contributed by atoms with van der Waals surface area (Å²) in [6, 6.07) is 1.73. The van der Waals surface area contributed by atoms with Gasteiger partial charge in [-0.2, -0.15) is 13.2 Å². The second kappa shape index (κ2) is 9.22. The second-order valence-electron chi connectivity index (χ2n) is 6.64. The number of rotatable bonds is 7. The van der Waals surface area contributed by atoms with E-state index in [1.54, 1.807) is 4.90 Å². The van der Waals surface area contributed by atoms with Crippen molar-refractivity contribution in [1.82, 2.24) is 25.2 Å². The van der Waals surface area contributed by atoms with Crippen LogP contribution in [0.5, 0.6) is 0 Å². The number of urea groups is 1. The number of nitrogens with zero attached hydrogens (tertiary/aromatic N) is 4. The van der Waals surface area contributed by atoms with Gasteiger partial charge in [-0.15, -0.1) is 0 Å². The smallest absolute Gasteiger partial charge is 0.360 e. The molecule has 1 aromatic rings. The fourth-order valence-corrected chi connectivity index (χ4v) is 2.86. The Labute approximate surface area is 151 Å². The van der Waals surface area contributed by atoms with Crippen LogP contribution in [0, 0.1) is 6.92 Å². The third kappa shape index (κ3) is 7.20. The molecule has 0 saturated carbocycles. The number of carbonyl (C=O) groups is 1. The number of halogens is 3. The van der Waals surface area contributed by atoms with Crippen LogP contribution < -0.4 is 5.32 Å². The zero-order valence-corrected chi connectivity index (χ0v) is 15.2. The Morgan fingerprint density at radius 2 is 2.04 bits per heavy atom. The molecule has 1 aliphatic rings. The van der Waals surface area contributed by atoms with Crippen LogP contribution in [0.2, 0.25) is 0 Å². The predicted octanol–water partition coefficient (Wildman–Crippen LogP) is 1.69. The van der Waals surface area contributed by atoms with Gasteiger partial charge in [0.25, 0.3) is 0 Å². The first-order valence-electron chi connectivity index (χ1n) is 8.65. The minimum Gasteiger partial charge on any atom is -0.360 e. The van der Waals surface area contributed by atoms with Crippen molar-refractivity contribution < 1.29 is 22.5 Å². The molecule has 0 bridgehead atoms. The SMILES string of the molecule is Cc1cc(CN2CCN(C(=O)NCCCN(C)CC(F)(F)F)CC2)on1. The highest BCUT2D eigenvalue weighted by Crippen LogP contribution is 2.15. The van der Waals surface area contributed by atoms with Crippen molar-refractivity contribution >= 4 is 6.03 Å². The van der Waals surface area contributed by atoms with E-state index in [0.717, 1.165) is 24.5 Å². The zero-order valence-electron chi connectivity index (χ0n) is 15.2. The molecule has 2 amide bonds. The first-order chi connectivity index (χ1) is 12.2. The Balaban J connectivity index is 1.59. The molecule has 26 heavy (non-hydrogen) atoms. The minimum atomic E-state index is -4.19. The van der Waals surface area contributed by atoms with Gasteiger partial charge in [0.2, 0.25) is 0 Å². The van der Waals surface area contributed by atoms with E-state index in [0.29, 0.717) is 32.6 Å². The Morgan fingerprint density at radius 1 is 1.35 bits per heavy atom. The van der Waals surface area contributed by atoms with Gasteiger partial charge in [-0.05, 0) is 26.9 Å². The van der Waals surface area contributed by atoms with Gasteiger partial charge < -0.3 is 14.7 Å². The van der Waals surface area contributed by atoms with E-state index in [-0.39, 0.29) is 12.6 Å². The van der Waals surface area contributed by atoms with Crippen LogP contribution in [0.15, 0.2) is 10.6 Å². The molecule has 0 spiro atoms. The largest absolute Gasteiger partial charge is 0.401 e. The highest BCUT2D eigenvalue weighted by molar-refractivity contribution is 5.74. The van der Waals surface area contributed by atoms with Crippen molar-refractivity contribution in [2.24, 2.45) is 0 Å². The Morgan fingerprint density at radius 3 is 2.62 bits per heavy atom. The maximum absolute atomic E-state index is 12.2. The lowest BCUT2D eigenvalue weighted by Crippen LogP contribution is -2.51. The van der Waals surface area contributed by atoms with Crippen molar-refractivity contribution in [1.29, 1.82) is 0 Å². The van der Waals surface area contributed by atoms with Crippen LogP contribution in [-0.4, -0.2) is 84.9 Å². The van der Waals surface area contributed by atoms with Gasteiger partial charge in [-0.1, -0.05) is 5.16 Å². The normalized spacial score (nSPS) is 16.3. The number of aryl methyl sites for hydroxylation is 1. The van der Waals surface area contributed by atoms with Crippen molar-refractivity contribution in [3.8, 4) is 0 Å². The molecule has 1 aliphatic heterocycles. The molecule has 7 nitrogen and oxygen atoms in total. The van der Waals surface area contributed by atoms with E-state index >= 15 is 0 Å². The van der Waals surface area contributed by atoms with Gasteiger partial charge in [0.15, 0.2) is 5.76 Å². The molecule has 1 saturated heterocycles. The number of alkyl halides is 3. The third-order valence-corrected chi connectivity index (χ3v) is 4.16. The maximum Gasteiger partial charge on any atom is 0.401 e. The summed E-state index contributed by atoms with van der Waals surface area (Å²) in [6.45, 7) is 4.93. The summed E-state index contributed by atoms with van der Waals surface area (Å²) in [4.78, 5) is 17.2. The van der Waals surface area contributed by atoms with Crippen LogP contribution in [0.25, 0.3) is 0 Å². The molecule has 148 valence electrons. The number of piperazine rings is 1. The van der Waals surface area contributed by atoms with E-state index in [4.69, 9.17) is 4.52 Å². The number of carbonyl (C=O) groups excluding carboxylic acids is 1. The molecule has 0 aliphatic carbocycles. The van der Waals surface area contributed by atoms with E-state index in [9.17, 15) is 18.0 Å². The lowest BCUT2D eigenvalue weighted by molar-refractivity contribution is -0.143. The van der Waals surface area contributed by atoms with Crippen LogP contribution in [0.3, 0.4) is 0 Å². The van der Waals surface area contributed by atoms with Crippen molar-refractivity contribution in [2.45, 2.75) is 26.1 Å². The number of hydrogen-bond donors (Lipinski definition) is 1. The molecule has 0 unspecified atom stereocenters. The molecular formula is C16H26F3N5O2. The van der Waals surface area contributed by atoms with Gasteiger partial charge in [0.05, 0.1) is 18.8 Å². The molecule has 0 radical (unpaired) electrons. The van der Waals surface area contributed by atoms with Crippen molar-refractivity contribution in [3.05, 3.63) is 17.5 Å². The van der Waals surface area contributed by atoms with E-state index < -0.39 is 12.7 Å². The summed E-state index contributed by atoms with van der Waals surface area (Å²) >= 11 is 0. The molecule has 1 N–H and O–H groups in total. The molecule has 1 aromatic heterocycles. The maximum atomic E-state index is 12.2. The Hall–Kier alpha value is -1.81. The van der Waals surface area contributed by atoms with Crippen LogP contribution in [-0.2, 0) is 6.54 Å². The average Bonchev–Trinajstić information content (AvgIpc) is 2.95. The first kappa shape index (κ1) is 20.5. The summed E-state index contributed by atoms with van der Waals surface area (Å²) in [5.41, 5.74) is 0.846. The number of nitrogens with one attached hydrogen (secondary N) is 1. The lowest BCUT2D eigenvalue weighted by atomic mass is 10.3. The third-order valence-electron chi connectivity index (χ3n) is 4.16. The highest BCUT2D eigenvalue weighted by atomic mass is 19.4. The fraction of sp³-hybridized carbons (Fsp3) is 0.750. The van der Waals surface area contributed by atoms with Gasteiger partial charge in [0, 0.05) is 38.8 Å². The van der Waals surface area contributed by atoms with E-state index in [1.807, 2.05) is 13.0 Å². The molecule has 1 fully saturated rings. The topological polar surface area (TPSA) is 64.8 Å².